The first-order valence-corrected chi connectivity index (χ1v) is 7.90. The molecule has 8 nitrogen and oxygen atoms in total. The highest BCUT2D eigenvalue weighted by atomic mass is 79.9. The van der Waals surface area contributed by atoms with Crippen LogP contribution in [0.25, 0.3) is 0 Å². The third kappa shape index (κ3) is 2.97. The van der Waals surface area contributed by atoms with Crippen LogP contribution in [0.1, 0.15) is 24.4 Å². The number of hydrogen-bond donors (Lipinski definition) is 3. The molecule has 1 atom stereocenters. The zero-order valence-electron chi connectivity index (χ0n) is 10.8. The molecule has 0 saturated carbocycles. The Morgan fingerprint density at radius 1 is 1.45 bits per heavy atom. The van der Waals surface area contributed by atoms with Crippen LogP contribution in [0, 0.1) is 6.92 Å². The molecule has 1 unspecified atom stereocenters. The normalized spacial score (nSPS) is 13.3. The van der Waals surface area contributed by atoms with E-state index in [1.165, 1.54) is 6.07 Å². The highest BCUT2D eigenvalue weighted by Crippen LogP contribution is 2.27. The Hall–Kier alpha value is -1.52. The Labute approximate surface area is 124 Å². The molecule has 4 N–H and O–H groups in total. The lowest BCUT2D eigenvalue weighted by molar-refractivity contribution is 0.559. The number of nitrogens with one attached hydrogen (secondary N) is 2. The number of nitrogen functional groups attached to an aromatic ring is 1. The lowest BCUT2D eigenvalue weighted by Gasteiger charge is -2.13. The van der Waals surface area contributed by atoms with Gasteiger partial charge in [0, 0.05) is 10.2 Å². The Kier molecular flexibility index (Phi) is 4.06. The summed E-state index contributed by atoms with van der Waals surface area (Å²) in [6.45, 7) is 3.32. The molecule has 0 radical (unpaired) electrons. The van der Waals surface area contributed by atoms with Gasteiger partial charge in [0.05, 0.1) is 10.9 Å². The molecule has 0 amide bonds. The van der Waals surface area contributed by atoms with Crippen LogP contribution in [0.2, 0.25) is 0 Å². The van der Waals surface area contributed by atoms with Crippen LogP contribution in [0.4, 0.5) is 5.69 Å². The second-order valence-corrected chi connectivity index (χ2v) is 6.79. The van der Waals surface area contributed by atoms with Gasteiger partial charge in [0.1, 0.15) is 0 Å². The number of anilines is 1. The molecule has 1 aromatic carbocycles. The predicted octanol–water partition coefficient (Wildman–Crippen LogP) is 0.892. The van der Waals surface area contributed by atoms with E-state index in [9.17, 15) is 8.42 Å². The number of sulfonamides is 1. The van der Waals surface area contributed by atoms with Gasteiger partial charge in [0.15, 0.2) is 5.82 Å². The van der Waals surface area contributed by atoms with E-state index in [4.69, 9.17) is 5.73 Å². The SMILES string of the molecule is Cc1cc(Br)c(N)cc1S(=O)(=O)NC(C)c1nn[nH]n1. The first-order chi connectivity index (χ1) is 9.31. The van der Waals surface area contributed by atoms with E-state index in [1.54, 1.807) is 19.9 Å². The van der Waals surface area contributed by atoms with Crippen LogP contribution < -0.4 is 10.5 Å². The first kappa shape index (κ1) is 14.9. The number of halogens is 1. The standard InChI is InChI=1S/C10H13BrN6O2S/c1-5-3-7(11)8(12)4-9(5)20(18,19)15-6(2)10-13-16-17-14-10/h3-4,6,15H,12H2,1-2H3,(H,13,14,16,17). The van der Waals surface area contributed by atoms with Crippen molar-refractivity contribution < 1.29 is 8.42 Å². The Morgan fingerprint density at radius 2 is 2.15 bits per heavy atom. The fourth-order valence-corrected chi connectivity index (χ4v) is 3.58. The average molecular weight is 361 g/mol. The van der Waals surface area contributed by atoms with E-state index >= 15 is 0 Å². The smallest absolute Gasteiger partial charge is 0.241 e. The zero-order valence-corrected chi connectivity index (χ0v) is 13.2. The van der Waals surface area contributed by atoms with Crippen LogP contribution in [0.5, 0.6) is 0 Å². The van der Waals surface area contributed by atoms with Gasteiger partial charge in [-0.05, 0) is 47.5 Å². The lowest BCUT2D eigenvalue weighted by Crippen LogP contribution is -2.28. The number of hydrogen-bond acceptors (Lipinski definition) is 6. The minimum atomic E-state index is -3.73. The molecule has 0 aliphatic rings. The van der Waals surface area contributed by atoms with Gasteiger partial charge in [-0.25, -0.2) is 13.1 Å². The molecular formula is C10H13BrN6O2S. The second-order valence-electron chi connectivity index (χ2n) is 4.25. The van der Waals surface area contributed by atoms with Gasteiger partial charge < -0.3 is 5.73 Å². The average Bonchev–Trinajstić information content (AvgIpc) is 2.86. The van der Waals surface area contributed by atoms with Gasteiger partial charge in [-0.3, -0.25) is 0 Å². The van der Waals surface area contributed by atoms with E-state index in [0.29, 0.717) is 15.7 Å². The summed E-state index contributed by atoms with van der Waals surface area (Å²) in [5, 5.41) is 13.1. The molecule has 0 bridgehead atoms. The molecular weight excluding hydrogens is 348 g/mol. The summed E-state index contributed by atoms with van der Waals surface area (Å²) in [7, 11) is -3.73. The number of tetrazole rings is 1. The first-order valence-electron chi connectivity index (χ1n) is 5.62. The maximum Gasteiger partial charge on any atom is 0.241 e. The highest BCUT2D eigenvalue weighted by Gasteiger charge is 2.23. The van der Waals surface area contributed by atoms with E-state index in [2.05, 4.69) is 41.3 Å². The van der Waals surface area contributed by atoms with Crippen molar-refractivity contribution in [2.45, 2.75) is 24.8 Å². The summed E-state index contributed by atoms with van der Waals surface area (Å²) in [6, 6.07) is 2.45. The third-order valence-electron chi connectivity index (χ3n) is 2.66. The van der Waals surface area contributed by atoms with Crippen molar-refractivity contribution in [1.29, 1.82) is 0 Å². The van der Waals surface area contributed by atoms with Crippen molar-refractivity contribution in [3.8, 4) is 0 Å². The van der Waals surface area contributed by atoms with Crippen LogP contribution in [-0.2, 0) is 10.0 Å². The van der Waals surface area contributed by atoms with Crippen molar-refractivity contribution in [3.05, 3.63) is 28.0 Å². The third-order valence-corrected chi connectivity index (χ3v) is 5.03. The molecule has 0 aliphatic carbocycles. The van der Waals surface area contributed by atoms with Crippen molar-refractivity contribution in [2.24, 2.45) is 0 Å². The van der Waals surface area contributed by atoms with Crippen molar-refractivity contribution in [2.75, 3.05) is 5.73 Å². The van der Waals surface area contributed by atoms with Gasteiger partial charge in [0.2, 0.25) is 10.0 Å². The summed E-state index contributed by atoms with van der Waals surface area (Å²) in [5.41, 5.74) is 6.67. The van der Waals surface area contributed by atoms with Gasteiger partial charge >= 0.3 is 0 Å². The Morgan fingerprint density at radius 3 is 2.75 bits per heavy atom. The highest BCUT2D eigenvalue weighted by molar-refractivity contribution is 9.10. The Bertz CT molecular complexity index is 716. The molecule has 0 aliphatic heterocycles. The molecule has 2 rings (SSSR count). The number of aromatic amines is 1. The number of nitrogens with zero attached hydrogens (tertiary/aromatic N) is 3. The molecule has 1 heterocycles. The van der Waals surface area contributed by atoms with E-state index in [1.807, 2.05) is 0 Å². The minimum Gasteiger partial charge on any atom is -0.398 e. The number of rotatable bonds is 4. The van der Waals surface area contributed by atoms with Crippen LogP contribution >= 0.6 is 15.9 Å². The van der Waals surface area contributed by atoms with E-state index in [0.717, 1.165) is 0 Å². The van der Waals surface area contributed by atoms with Gasteiger partial charge in [-0.15, -0.1) is 10.2 Å². The number of H-pyrrole nitrogens is 1. The summed E-state index contributed by atoms with van der Waals surface area (Å²) >= 11 is 3.26. The van der Waals surface area contributed by atoms with Crippen molar-refractivity contribution in [3.63, 3.8) is 0 Å². The number of aromatic nitrogens is 4. The van der Waals surface area contributed by atoms with Gasteiger partial charge in [-0.1, -0.05) is 5.21 Å². The maximum atomic E-state index is 12.4. The summed E-state index contributed by atoms with van der Waals surface area (Å²) in [6.07, 6.45) is 0. The fraction of sp³-hybridized carbons (Fsp3) is 0.300. The van der Waals surface area contributed by atoms with Crippen LogP contribution in [0.3, 0.4) is 0 Å². The molecule has 0 saturated heterocycles. The maximum absolute atomic E-state index is 12.4. The van der Waals surface area contributed by atoms with Crippen molar-refractivity contribution in [1.82, 2.24) is 25.3 Å². The molecule has 1 aromatic heterocycles. The molecule has 108 valence electrons. The molecule has 0 fully saturated rings. The number of benzene rings is 1. The largest absolute Gasteiger partial charge is 0.398 e. The predicted molar refractivity (Wildman–Crippen MR) is 76.2 cm³/mol. The molecule has 2 aromatic rings. The monoisotopic (exact) mass is 360 g/mol. The van der Waals surface area contributed by atoms with Crippen LogP contribution in [0.15, 0.2) is 21.5 Å². The van der Waals surface area contributed by atoms with E-state index < -0.39 is 16.1 Å². The molecule has 10 heteroatoms. The summed E-state index contributed by atoms with van der Waals surface area (Å²) in [5.74, 6) is 0.260. The molecule has 20 heavy (non-hydrogen) atoms. The quantitative estimate of drug-likeness (QED) is 0.695. The minimum absolute atomic E-state index is 0.119. The topological polar surface area (TPSA) is 127 Å². The Balaban J connectivity index is 2.34. The lowest BCUT2D eigenvalue weighted by atomic mass is 10.2. The fourth-order valence-electron chi connectivity index (χ4n) is 1.66. The summed E-state index contributed by atoms with van der Waals surface area (Å²) in [4.78, 5) is 0.119. The van der Waals surface area contributed by atoms with Crippen LogP contribution in [-0.4, -0.2) is 29.0 Å². The second kappa shape index (κ2) is 5.46. The van der Waals surface area contributed by atoms with E-state index in [-0.39, 0.29) is 10.7 Å². The van der Waals surface area contributed by atoms with Crippen molar-refractivity contribution >= 4 is 31.6 Å². The number of aryl methyl sites for hydroxylation is 1. The molecule has 0 spiro atoms. The zero-order chi connectivity index (χ0) is 14.9. The van der Waals surface area contributed by atoms with Gasteiger partial charge in [-0.2, -0.15) is 5.21 Å². The van der Waals surface area contributed by atoms with Gasteiger partial charge in [0.25, 0.3) is 0 Å². The summed E-state index contributed by atoms with van der Waals surface area (Å²) < 4.78 is 27.8. The number of nitrogens with two attached hydrogens (primary N) is 1.